The summed E-state index contributed by atoms with van der Waals surface area (Å²) in [5.41, 5.74) is 4.62. The molecule has 0 bridgehead atoms. The zero-order valence-corrected chi connectivity index (χ0v) is 19.5. The first-order valence-corrected chi connectivity index (χ1v) is 11.7. The molecule has 0 fully saturated rings. The molecule has 6 nitrogen and oxygen atoms in total. The Morgan fingerprint density at radius 3 is 2.58 bits per heavy atom. The van der Waals surface area contributed by atoms with E-state index in [1.165, 1.54) is 16.7 Å². The molecule has 0 spiro atoms. The van der Waals surface area contributed by atoms with Gasteiger partial charge in [-0.3, -0.25) is 0 Å². The molecule has 0 aliphatic carbocycles. The minimum absolute atomic E-state index is 0.579. The highest BCUT2D eigenvalue weighted by atomic mass is 32.2. The molecule has 0 aliphatic rings. The van der Waals surface area contributed by atoms with Crippen molar-refractivity contribution in [3.8, 4) is 11.5 Å². The van der Waals surface area contributed by atoms with Crippen molar-refractivity contribution in [1.29, 1.82) is 0 Å². The summed E-state index contributed by atoms with van der Waals surface area (Å²) in [4.78, 5) is 0. The molecule has 168 valence electrons. The summed E-state index contributed by atoms with van der Waals surface area (Å²) in [5, 5.41) is 13.4. The second-order valence-electron chi connectivity index (χ2n) is 7.47. The molecule has 0 amide bonds. The Balaban J connectivity index is 1.37. The van der Waals surface area contributed by atoms with Crippen LogP contribution in [0.3, 0.4) is 0 Å². The zero-order chi connectivity index (χ0) is 22.9. The lowest BCUT2D eigenvalue weighted by Crippen LogP contribution is -2.03. The van der Waals surface area contributed by atoms with Crippen LogP contribution >= 0.6 is 11.8 Å². The number of ether oxygens (including phenoxy) is 2. The van der Waals surface area contributed by atoms with Crippen LogP contribution in [0.25, 0.3) is 0 Å². The normalized spacial score (nSPS) is 11.1. The van der Waals surface area contributed by atoms with Crippen molar-refractivity contribution in [2.75, 3.05) is 13.7 Å². The summed E-state index contributed by atoms with van der Waals surface area (Å²) in [6, 6.07) is 24.5. The average Bonchev–Trinajstić information content (AvgIpc) is 3.31. The Bertz CT molecular complexity index is 1190. The molecule has 7 heteroatoms. The number of hydrogen-bond acceptors (Lipinski definition) is 6. The van der Waals surface area contributed by atoms with Gasteiger partial charge in [0.15, 0.2) is 11.5 Å². The predicted octanol–water partition coefficient (Wildman–Crippen LogP) is 5.39. The first-order chi connectivity index (χ1) is 16.2. The third kappa shape index (κ3) is 6.46. The fraction of sp³-hybridized carbons (Fsp3) is 0.192. The molecule has 4 rings (SSSR count). The number of methoxy groups -OCH3 is 1. The van der Waals surface area contributed by atoms with Crippen molar-refractivity contribution >= 4 is 18.0 Å². The average molecular weight is 459 g/mol. The maximum atomic E-state index is 5.94. The smallest absolute Gasteiger partial charge is 0.212 e. The first-order valence-electron chi connectivity index (χ1n) is 10.7. The minimum atomic E-state index is 0.579. The van der Waals surface area contributed by atoms with Crippen molar-refractivity contribution in [1.82, 2.24) is 14.9 Å². The highest BCUT2D eigenvalue weighted by Gasteiger charge is 2.07. The van der Waals surface area contributed by atoms with Gasteiger partial charge in [-0.25, -0.2) is 0 Å². The quantitative estimate of drug-likeness (QED) is 0.235. The van der Waals surface area contributed by atoms with E-state index in [4.69, 9.17) is 9.47 Å². The zero-order valence-electron chi connectivity index (χ0n) is 18.7. The standard InChI is InChI=1S/C26H26N4O2S/c1-20-8-10-22(11-9-20)18-33-26-29-27-19-30(26)28-17-23-12-13-24(25(16-23)31-2)32-15-14-21-6-4-3-5-7-21/h3-13,16-17,19H,14-15,18H2,1-2H3/b28-17-. The van der Waals surface area contributed by atoms with Gasteiger partial charge in [0.05, 0.1) is 19.9 Å². The van der Waals surface area contributed by atoms with E-state index >= 15 is 0 Å². The van der Waals surface area contributed by atoms with E-state index in [1.54, 1.807) is 36.1 Å². The van der Waals surface area contributed by atoms with E-state index in [0.29, 0.717) is 18.1 Å². The van der Waals surface area contributed by atoms with E-state index < -0.39 is 0 Å². The molecular formula is C26H26N4O2S. The lowest BCUT2D eigenvalue weighted by molar-refractivity contribution is 0.297. The summed E-state index contributed by atoms with van der Waals surface area (Å²) in [7, 11) is 1.64. The molecule has 0 N–H and O–H groups in total. The first kappa shape index (κ1) is 22.6. The van der Waals surface area contributed by atoms with Gasteiger partial charge in [-0.05, 0) is 41.8 Å². The lowest BCUT2D eigenvalue weighted by atomic mass is 10.2. The number of hydrogen-bond donors (Lipinski definition) is 0. The molecule has 0 saturated heterocycles. The highest BCUT2D eigenvalue weighted by molar-refractivity contribution is 7.98. The van der Waals surface area contributed by atoms with Gasteiger partial charge in [-0.2, -0.15) is 9.78 Å². The van der Waals surface area contributed by atoms with Crippen LogP contribution < -0.4 is 9.47 Å². The Labute approximate surface area is 198 Å². The van der Waals surface area contributed by atoms with Gasteiger partial charge < -0.3 is 9.47 Å². The Morgan fingerprint density at radius 1 is 0.970 bits per heavy atom. The number of aryl methyl sites for hydroxylation is 1. The number of aromatic nitrogens is 3. The molecule has 4 aromatic rings. The van der Waals surface area contributed by atoms with Crippen molar-refractivity contribution in [3.63, 3.8) is 0 Å². The van der Waals surface area contributed by atoms with Gasteiger partial charge >= 0.3 is 0 Å². The summed E-state index contributed by atoms with van der Waals surface area (Å²) in [6.07, 6.45) is 4.20. The van der Waals surface area contributed by atoms with Gasteiger partial charge in [0.2, 0.25) is 5.16 Å². The second kappa shape index (κ2) is 11.3. The van der Waals surface area contributed by atoms with Crippen molar-refractivity contribution in [2.24, 2.45) is 5.10 Å². The maximum absolute atomic E-state index is 5.94. The predicted molar refractivity (Wildman–Crippen MR) is 132 cm³/mol. The van der Waals surface area contributed by atoms with Gasteiger partial charge in [0, 0.05) is 12.2 Å². The van der Waals surface area contributed by atoms with Gasteiger partial charge in [-0.1, -0.05) is 71.9 Å². The number of nitrogens with zero attached hydrogens (tertiary/aromatic N) is 4. The van der Waals surface area contributed by atoms with E-state index in [9.17, 15) is 0 Å². The molecule has 1 heterocycles. The minimum Gasteiger partial charge on any atom is -0.493 e. The van der Waals surface area contributed by atoms with E-state index in [1.807, 2.05) is 36.4 Å². The third-order valence-corrected chi connectivity index (χ3v) is 6.00. The summed E-state index contributed by atoms with van der Waals surface area (Å²) in [5.74, 6) is 2.19. The molecular weight excluding hydrogens is 432 g/mol. The number of thioether (sulfide) groups is 1. The van der Waals surface area contributed by atoms with Crippen molar-refractivity contribution in [3.05, 3.63) is 101 Å². The molecule has 0 atom stereocenters. The fourth-order valence-corrected chi connectivity index (χ4v) is 3.98. The largest absolute Gasteiger partial charge is 0.493 e. The summed E-state index contributed by atoms with van der Waals surface area (Å²) >= 11 is 1.60. The highest BCUT2D eigenvalue weighted by Crippen LogP contribution is 2.28. The Morgan fingerprint density at radius 2 is 1.79 bits per heavy atom. The molecule has 0 aliphatic heterocycles. The Kier molecular flexibility index (Phi) is 7.76. The monoisotopic (exact) mass is 458 g/mol. The molecule has 33 heavy (non-hydrogen) atoms. The Hall–Kier alpha value is -3.58. The van der Waals surface area contributed by atoms with Crippen LogP contribution in [0.1, 0.15) is 22.3 Å². The molecule has 0 saturated carbocycles. The van der Waals surface area contributed by atoms with Crippen LogP contribution in [-0.4, -0.2) is 34.8 Å². The second-order valence-corrected chi connectivity index (χ2v) is 8.41. The molecule has 3 aromatic carbocycles. The van der Waals surface area contributed by atoms with Crippen molar-refractivity contribution in [2.45, 2.75) is 24.3 Å². The van der Waals surface area contributed by atoms with E-state index in [0.717, 1.165) is 22.9 Å². The van der Waals surface area contributed by atoms with Crippen LogP contribution in [0.15, 0.2) is 89.4 Å². The SMILES string of the molecule is COc1cc(/C=N\n2cnnc2SCc2ccc(C)cc2)ccc1OCCc1ccccc1. The fourth-order valence-electron chi connectivity index (χ4n) is 3.16. The van der Waals surface area contributed by atoms with E-state index in [-0.39, 0.29) is 0 Å². The van der Waals surface area contributed by atoms with Gasteiger partial charge in [0.25, 0.3) is 0 Å². The van der Waals surface area contributed by atoms with Crippen LogP contribution in [0, 0.1) is 6.92 Å². The number of benzene rings is 3. The summed E-state index contributed by atoms with van der Waals surface area (Å²) in [6.45, 7) is 2.66. The molecule has 0 radical (unpaired) electrons. The van der Waals surface area contributed by atoms with Crippen LogP contribution in [0.5, 0.6) is 11.5 Å². The maximum Gasteiger partial charge on any atom is 0.212 e. The molecule has 0 unspecified atom stereocenters. The van der Waals surface area contributed by atoms with Crippen LogP contribution in [-0.2, 0) is 12.2 Å². The van der Waals surface area contributed by atoms with Gasteiger partial charge in [0.1, 0.15) is 6.33 Å². The van der Waals surface area contributed by atoms with Gasteiger partial charge in [-0.15, -0.1) is 10.2 Å². The molecule has 1 aromatic heterocycles. The van der Waals surface area contributed by atoms with Crippen LogP contribution in [0.4, 0.5) is 0 Å². The summed E-state index contributed by atoms with van der Waals surface area (Å²) < 4.78 is 13.1. The third-order valence-electron chi connectivity index (χ3n) is 5.00. The lowest BCUT2D eigenvalue weighted by Gasteiger charge is -2.11. The van der Waals surface area contributed by atoms with Crippen LogP contribution in [0.2, 0.25) is 0 Å². The van der Waals surface area contributed by atoms with Crippen molar-refractivity contribution < 1.29 is 9.47 Å². The topological polar surface area (TPSA) is 61.5 Å². The number of rotatable bonds is 10. The van der Waals surface area contributed by atoms with E-state index in [2.05, 4.69) is 58.6 Å².